The van der Waals surface area contributed by atoms with Crippen molar-refractivity contribution in [3.63, 3.8) is 0 Å². The van der Waals surface area contributed by atoms with Gasteiger partial charge < -0.3 is 9.94 Å². The minimum absolute atomic E-state index is 0.679. The number of nitrogens with zero attached hydrogens (tertiary/aromatic N) is 1. The molecule has 0 aliphatic rings. The van der Waals surface area contributed by atoms with Gasteiger partial charge in [-0.2, -0.15) is 0 Å². The van der Waals surface area contributed by atoms with Gasteiger partial charge in [-0.15, -0.1) is 0 Å². The zero-order valence-electron chi connectivity index (χ0n) is 9.13. The molecule has 0 aromatic rings. The first-order chi connectivity index (χ1) is 6.10. The van der Waals surface area contributed by atoms with E-state index in [1.165, 1.54) is 7.11 Å². The van der Waals surface area contributed by atoms with Crippen molar-refractivity contribution in [3.8, 4) is 0 Å². The van der Waals surface area contributed by atoms with Crippen LogP contribution in [0.25, 0.3) is 0 Å². The molecule has 0 heterocycles. The van der Waals surface area contributed by atoms with E-state index in [4.69, 9.17) is 0 Å². The molecule has 0 fully saturated rings. The fraction of sp³-hybridized carbons (Fsp3) is 0.900. The summed E-state index contributed by atoms with van der Waals surface area (Å²) in [6.07, 6.45) is 3.40. The van der Waals surface area contributed by atoms with Crippen molar-refractivity contribution in [2.75, 3.05) is 7.11 Å². The maximum absolute atomic E-state index is 10.2. The van der Waals surface area contributed by atoms with Crippen LogP contribution in [0.4, 0.5) is 0 Å². The fourth-order valence-corrected chi connectivity index (χ4v) is 1.54. The molecule has 0 atom stereocenters. The molecular formula is C10H21NO2. The first kappa shape index (κ1) is 12.4. The average molecular weight is 187 g/mol. The monoisotopic (exact) mass is 187 g/mol. The second kappa shape index (κ2) is 5.97. The van der Waals surface area contributed by atoms with Crippen LogP contribution in [0.2, 0.25) is 0 Å². The van der Waals surface area contributed by atoms with E-state index in [1.54, 1.807) is 0 Å². The van der Waals surface area contributed by atoms with E-state index in [2.05, 4.69) is 23.8 Å². The normalized spacial score (nSPS) is 13.2. The standard InChI is InChI=1S/C10H21NO2/c1-5-7-10(12,8-6-2)9(3)11-13-4/h12H,5-8H2,1-4H3. The van der Waals surface area contributed by atoms with Gasteiger partial charge >= 0.3 is 0 Å². The summed E-state index contributed by atoms with van der Waals surface area (Å²) in [5, 5.41) is 14.0. The number of hydrogen-bond acceptors (Lipinski definition) is 3. The Morgan fingerprint density at radius 1 is 1.31 bits per heavy atom. The maximum Gasteiger partial charge on any atom is 0.106 e. The van der Waals surface area contributed by atoms with Gasteiger partial charge in [0.1, 0.15) is 12.7 Å². The molecule has 0 unspecified atom stereocenters. The van der Waals surface area contributed by atoms with Gasteiger partial charge in [-0.25, -0.2) is 0 Å². The van der Waals surface area contributed by atoms with Crippen LogP contribution in [-0.2, 0) is 4.84 Å². The molecule has 78 valence electrons. The largest absolute Gasteiger partial charge is 0.399 e. The van der Waals surface area contributed by atoms with Crippen LogP contribution in [0.5, 0.6) is 0 Å². The minimum atomic E-state index is -0.764. The molecule has 0 radical (unpaired) electrons. The van der Waals surface area contributed by atoms with Gasteiger partial charge in [0, 0.05) is 0 Å². The van der Waals surface area contributed by atoms with Crippen LogP contribution in [-0.4, -0.2) is 23.5 Å². The molecule has 0 saturated heterocycles. The second-order valence-corrected chi connectivity index (χ2v) is 3.39. The predicted molar refractivity (Wildman–Crippen MR) is 54.9 cm³/mol. The zero-order valence-corrected chi connectivity index (χ0v) is 9.13. The van der Waals surface area contributed by atoms with E-state index in [1.807, 2.05) is 6.92 Å². The van der Waals surface area contributed by atoms with E-state index in [0.29, 0.717) is 5.71 Å². The second-order valence-electron chi connectivity index (χ2n) is 3.39. The molecule has 0 bridgehead atoms. The third kappa shape index (κ3) is 3.77. The summed E-state index contributed by atoms with van der Waals surface area (Å²) in [6, 6.07) is 0. The zero-order chi connectivity index (χ0) is 10.3. The lowest BCUT2D eigenvalue weighted by Gasteiger charge is -2.26. The van der Waals surface area contributed by atoms with Gasteiger partial charge in [0.15, 0.2) is 0 Å². The summed E-state index contributed by atoms with van der Waals surface area (Å²) < 4.78 is 0. The molecule has 3 nitrogen and oxygen atoms in total. The lowest BCUT2D eigenvalue weighted by Crippen LogP contribution is -2.36. The van der Waals surface area contributed by atoms with E-state index in [9.17, 15) is 5.11 Å². The number of hydrogen-bond donors (Lipinski definition) is 1. The number of oxime groups is 1. The molecule has 0 aliphatic carbocycles. The van der Waals surface area contributed by atoms with Crippen LogP contribution in [0.1, 0.15) is 46.5 Å². The quantitative estimate of drug-likeness (QED) is 0.512. The molecule has 0 rings (SSSR count). The third-order valence-electron chi connectivity index (χ3n) is 2.23. The van der Waals surface area contributed by atoms with Crippen molar-refractivity contribution in [3.05, 3.63) is 0 Å². The Morgan fingerprint density at radius 2 is 1.77 bits per heavy atom. The first-order valence-corrected chi connectivity index (χ1v) is 4.91. The van der Waals surface area contributed by atoms with E-state index in [0.717, 1.165) is 25.7 Å². The van der Waals surface area contributed by atoms with Crippen LogP contribution in [0, 0.1) is 0 Å². The summed E-state index contributed by atoms with van der Waals surface area (Å²) in [5.74, 6) is 0. The summed E-state index contributed by atoms with van der Waals surface area (Å²) in [4.78, 5) is 4.67. The van der Waals surface area contributed by atoms with Gasteiger partial charge in [0.2, 0.25) is 0 Å². The fourth-order valence-electron chi connectivity index (χ4n) is 1.54. The molecule has 0 amide bonds. The lowest BCUT2D eigenvalue weighted by molar-refractivity contribution is 0.0834. The molecule has 0 aromatic carbocycles. The number of aliphatic hydroxyl groups is 1. The van der Waals surface area contributed by atoms with Gasteiger partial charge in [0.05, 0.1) is 5.71 Å². The summed E-state index contributed by atoms with van der Waals surface area (Å²) in [5.41, 5.74) is -0.0850. The van der Waals surface area contributed by atoms with Crippen molar-refractivity contribution >= 4 is 5.71 Å². The Labute approximate surface area is 80.8 Å². The predicted octanol–water partition coefficient (Wildman–Crippen LogP) is 2.34. The Bertz CT molecular complexity index is 160. The maximum atomic E-state index is 10.2. The van der Waals surface area contributed by atoms with Crippen molar-refractivity contribution in [1.29, 1.82) is 0 Å². The minimum Gasteiger partial charge on any atom is -0.399 e. The highest BCUT2D eigenvalue weighted by atomic mass is 16.6. The molecule has 0 aliphatic heterocycles. The summed E-state index contributed by atoms with van der Waals surface area (Å²) in [7, 11) is 1.50. The molecule has 0 spiro atoms. The first-order valence-electron chi connectivity index (χ1n) is 4.91. The highest BCUT2D eigenvalue weighted by Crippen LogP contribution is 2.21. The van der Waals surface area contributed by atoms with Crippen LogP contribution >= 0.6 is 0 Å². The molecule has 0 aromatic heterocycles. The van der Waals surface area contributed by atoms with Crippen LogP contribution in [0.15, 0.2) is 5.16 Å². The van der Waals surface area contributed by atoms with Gasteiger partial charge in [0.25, 0.3) is 0 Å². The smallest absolute Gasteiger partial charge is 0.106 e. The Kier molecular flexibility index (Phi) is 5.71. The average Bonchev–Trinajstić information content (AvgIpc) is 2.05. The topological polar surface area (TPSA) is 41.8 Å². The van der Waals surface area contributed by atoms with E-state index < -0.39 is 5.60 Å². The highest BCUT2D eigenvalue weighted by Gasteiger charge is 2.28. The Morgan fingerprint density at radius 3 is 2.08 bits per heavy atom. The van der Waals surface area contributed by atoms with Gasteiger partial charge in [-0.3, -0.25) is 0 Å². The SMILES string of the molecule is CCCC(O)(CCC)C(C)=NOC. The lowest BCUT2D eigenvalue weighted by atomic mass is 9.88. The van der Waals surface area contributed by atoms with Gasteiger partial charge in [-0.1, -0.05) is 31.8 Å². The molecule has 0 saturated carbocycles. The van der Waals surface area contributed by atoms with Gasteiger partial charge in [-0.05, 0) is 19.8 Å². The van der Waals surface area contributed by atoms with Crippen molar-refractivity contribution in [2.45, 2.75) is 52.1 Å². The van der Waals surface area contributed by atoms with Crippen molar-refractivity contribution < 1.29 is 9.94 Å². The highest BCUT2D eigenvalue weighted by molar-refractivity contribution is 5.89. The van der Waals surface area contributed by atoms with E-state index in [-0.39, 0.29) is 0 Å². The van der Waals surface area contributed by atoms with Crippen molar-refractivity contribution in [2.24, 2.45) is 5.16 Å². The molecular weight excluding hydrogens is 166 g/mol. The molecule has 1 N–H and O–H groups in total. The summed E-state index contributed by atoms with van der Waals surface area (Å²) >= 11 is 0. The molecule has 3 heteroatoms. The Balaban J connectivity index is 4.46. The molecule has 13 heavy (non-hydrogen) atoms. The number of rotatable bonds is 6. The third-order valence-corrected chi connectivity index (χ3v) is 2.23. The van der Waals surface area contributed by atoms with E-state index >= 15 is 0 Å². The van der Waals surface area contributed by atoms with Crippen molar-refractivity contribution in [1.82, 2.24) is 0 Å². The van der Waals surface area contributed by atoms with Crippen LogP contribution < -0.4 is 0 Å². The summed E-state index contributed by atoms with van der Waals surface area (Å²) in [6.45, 7) is 5.93. The Hall–Kier alpha value is -0.570. The van der Waals surface area contributed by atoms with Crippen LogP contribution in [0.3, 0.4) is 0 Å².